The van der Waals surface area contributed by atoms with Crippen molar-refractivity contribution in [1.82, 2.24) is 4.57 Å². The number of rotatable bonds is 5. The third-order valence-corrected chi connectivity index (χ3v) is 4.27. The lowest BCUT2D eigenvalue weighted by atomic mass is 10.1. The summed E-state index contributed by atoms with van der Waals surface area (Å²) in [7, 11) is 0. The van der Waals surface area contributed by atoms with E-state index in [1.54, 1.807) is 18.3 Å². The molecule has 0 fully saturated rings. The van der Waals surface area contributed by atoms with E-state index in [1.165, 1.54) is 6.07 Å². The average Bonchev–Trinajstić information content (AvgIpc) is 2.94. The highest BCUT2D eigenvalue weighted by molar-refractivity contribution is 6.38. The summed E-state index contributed by atoms with van der Waals surface area (Å²) in [5.41, 5.74) is 4.15. The molecule has 1 aromatic heterocycles. The van der Waals surface area contributed by atoms with E-state index in [0.717, 1.165) is 16.7 Å². The van der Waals surface area contributed by atoms with Crippen LogP contribution in [0.15, 0.2) is 48.7 Å². The molecule has 0 radical (unpaired) electrons. The first-order chi connectivity index (χ1) is 12.8. The van der Waals surface area contributed by atoms with Crippen LogP contribution in [0, 0.1) is 13.8 Å². The van der Waals surface area contributed by atoms with Crippen LogP contribution in [0.5, 0.6) is 5.75 Å². The van der Waals surface area contributed by atoms with Gasteiger partial charge in [-0.15, -0.1) is 0 Å². The van der Waals surface area contributed by atoms with Crippen molar-refractivity contribution in [3.8, 4) is 5.75 Å². The number of hydrogen-bond acceptors (Lipinski definition) is 4. The molecule has 0 spiro atoms. The quantitative estimate of drug-likeness (QED) is 0.365. The van der Waals surface area contributed by atoms with Gasteiger partial charge in [0.15, 0.2) is 0 Å². The number of aliphatic hydroxyl groups excluding tert-OH is 1. The highest BCUT2D eigenvalue weighted by Crippen LogP contribution is 2.33. The first kappa shape index (κ1) is 18.3. The number of phenolic OH excluding ortho intramolecular Hbond substituents is 1. The minimum atomic E-state index is -1.66. The fourth-order valence-electron chi connectivity index (χ4n) is 3.28. The predicted molar refractivity (Wildman–Crippen MR) is 102 cm³/mol. The lowest BCUT2D eigenvalue weighted by Crippen LogP contribution is -2.09. The van der Waals surface area contributed by atoms with Crippen LogP contribution in [0.4, 0.5) is 0 Å². The Kier molecular flexibility index (Phi) is 4.73. The number of aromatic nitrogens is 1. The minimum absolute atomic E-state index is 0.0654. The fourth-order valence-corrected chi connectivity index (χ4v) is 3.28. The van der Waals surface area contributed by atoms with Gasteiger partial charge >= 0.3 is 5.97 Å². The van der Waals surface area contributed by atoms with Gasteiger partial charge in [0.05, 0.1) is 10.9 Å². The van der Waals surface area contributed by atoms with Crippen molar-refractivity contribution >= 4 is 28.4 Å². The Labute approximate surface area is 155 Å². The number of aryl methyl sites for hydroxylation is 2. The van der Waals surface area contributed by atoms with Gasteiger partial charge in [-0.25, -0.2) is 4.79 Å². The molecule has 0 bridgehead atoms. The summed E-state index contributed by atoms with van der Waals surface area (Å²) < 4.78 is 1.84. The molecule has 6 heteroatoms. The molecule has 0 amide bonds. The molecule has 2 aromatic carbocycles. The monoisotopic (exact) mass is 365 g/mol. The number of aliphatic carboxylic acids is 1. The normalized spacial score (nSPS) is 11.7. The second-order valence-electron chi connectivity index (χ2n) is 6.54. The number of carbonyl (C=O) groups excluding carboxylic acids is 1. The van der Waals surface area contributed by atoms with Gasteiger partial charge in [0.2, 0.25) is 0 Å². The van der Waals surface area contributed by atoms with Crippen LogP contribution in [0.3, 0.4) is 0 Å². The zero-order valence-corrected chi connectivity index (χ0v) is 14.9. The second kappa shape index (κ2) is 6.99. The largest absolute Gasteiger partial charge is 0.507 e. The SMILES string of the molecule is Cc1cc(C)cc(Cn2cc(C(O)=CC(=O)C(=O)O)c3c(O)cccc32)c1. The molecule has 3 N–H and O–H groups in total. The van der Waals surface area contributed by atoms with Gasteiger partial charge < -0.3 is 19.9 Å². The van der Waals surface area contributed by atoms with Crippen LogP contribution in [0.1, 0.15) is 22.3 Å². The van der Waals surface area contributed by atoms with Gasteiger partial charge in [-0.1, -0.05) is 35.4 Å². The van der Waals surface area contributed by atoms with Crippen LogP contribution in [-0.2, 0) is 16.1 Å². The number of carbonyl (C=O) groups is 2. The molecular formula is C21H19NO5. The zero-order chi connectivity index (χ0) is 19.7. The summed E-state index contributed by atoms with van der Waals surface area (Å²) in [6, 6.07) is 11.1. The second-order valence-corrected chi connectivity index (χ2v) is 6.54. The number of nitrogens with zero attached hydrogens (tertiary/aromatic N) is 1. The van der Waals surface area contributed by atoms with E-state index < -0.39 is 17.5 Å². The lowest BCUT2D eigenvalue weighted by Gasteiger charge is -2.08. The molecule has 27 heavy (non-hydrogen) atoms. The molecule has 1 heterocycles. The highest BCUT2D eigenvalue weighted by Gasteiger charge is 2.18. The number of benzene rings is 2. The van der Waals surface area contributed by atoms with E-state index >= 15 is 0 Å². The molecule has 0 aliphatic carbocycles. The number of carboxylic acids is 1. The van der Waals surface area contributed by atoms with Gasteiger partial charge in [0.1, 0.15) is 11.5 Å². The van der Waals surface area contributed by atoms with Crippen LogP contribution >= 0.6 is 0 Å². The molecule has 0 saturated heterocycles. The smallest absolute Gasteiger partial charge is 0.376 e. The Hall–Kier alpha value is -3.54. The van der Waals surface area contributed by atoms with Crippen LogP contribution in [0.2, 0.25) is 0 Å². The van der Waals surface area contributed by atoms with Crippen molar-refractivity contribution in [1.29, 1.82) is 0 Å². The van der Waals surface area contributed by atoms with E-state index in [1.807, 2.05) is 30.5 Å². The van der Waals surface area contributed by atoms with E-state index in [9.17, 15) is 19.8 Å². The topological polar surface area (TPSA) is 99.8 Å². The Morgan fingerprint density at radius 1 is 1.07 bits per heavy atom. The highest BCUT2D eigenvalue weighted by atomic mass is 16.4. The molecule has 6 nitrogen and oxygen atoms in total. The number of aliphatic hydroxyl groups is 1. The number of carboxylic acid groups (broad SMARTS) is 1. The maximum Gasteiger partial charge on any atom is 0.376 e. The summed E-state index contributed by atoms with van der Waals surface area (Å²) in [6.45, 7) is 4.50. The third kappa shape index (κ3) is 3.69. The van der Waals surface area contributed by atoms with Crippen LogP contribution in [-0.4, -0.2) is 31.6 Å². The van der Waals surface area contributed by atoms with E-state index in [2.05, 4.69) is 6.07 Å². The zero-order valence-electron chi connectivity index (χ0n) is 14.9. The van der Waals surface area contributed by atoms with Crippen molar-refractivity contribution in [2.24, 2.45) is 0 Å². The first-order valence-corrected chi connectivity index (χ1v) is 8.32. The molecule has 0 saturated carbocycles. The van der Waals surface area contributed by atoms with E-state index in [-0.39, 0.29) is 11.3 Å². The summed E-state index contributed by atoms with van der Waals surface area (Å²) in [5, 5.41) is 29.6. The maximum absolute atomic E-state index is 11.4. The van der Waals surface area contributed by atoms with Crippen LogP contribution in [0.25, 0.3) is 16.7 Å². The van der Waals surface area contributed by atoms with Crippen molar-refractivity contribution < 1.29 is 24.9 Å². The van der Waals surface area contributed by atoms with Gasteiger partial charge in [-0.3, -0.25) is 4.79 Å². The van der Waals surface area contributed by atoms with Crippen molar-refractivity contribution in [3.63, 3.8) is 0 Å². The Morgan fingerprint density at radius 2 is 1.74 bits per heavy atom. The van der Waals surface area contributed by atoms with Crippen LogP contribution < -0.4 is 0 Å². The van der Waals surface area contributed by atoms with Gasteiger partial charge in [-0.05, 0) is 31.5 Å². The molecule has 3 aromatic rings. The minimum Gasteiger partial charge on any atom is -0.507 e. The van der Waals surface area contributed by atoms with Gasteiger partial charge in [0, 0.05) is 24.4 Å². The number of fused-ring (bicyclic) bond motifs is 1. The molecule has 0 atom stereocenters. The van der Waals surface area contributed by atoms with Crippen molar-refractivity contribution in [2.75, 3.05) is 0 Å². The number of hydrogen-bond donors (Lipinski definition) is 3. The Bertz CT molecular complexity index is 1070. The molecule has 3 rings (SSSR count). The predicted octanol–water partition coefficient (Wildman–Crippen LogP) is 3.56. The molecular weight excluding hydrogens is 346 g/mol. The summed E-state index contributed by atoms with van der Waals surface area (Å²) in [5.74, 6) is -3.47. The molecule has 0 aliphatic heterocycles. The van der Waals surface area contributed by atoms with Gasteiger partial charge in [-0.2, -0.15) is 0 Å². The molecule has 0 aliphatic rings. The van der Waals surface area contributed by atoms with E-state index in [4.69, 9.17) is 5.11 Å². The summed E-state index contributed by atoms with van der Waals surface area (Å²) >= 11 is 0. The van der Waals surface area contributed by atoms with Crippen molar-refractivity contribution in [3.05, 3.63) is 70.9 Å². The summed E-state index contributed by atoms with van der Waals surface area (Å²) in [4.78, 5) is 22.2. The molecule has 138 valence electrons. The number of ketones is 1. The third-order valence-electron chi connectivity index (χ3n) is 4.27. The Morgan fingerprint density at radius 3 is 2.37 bits per heavy atom. The lowest BCUT2D eigenvalue weighted by molar-refractivity contribution is -0.146. The number of aromatic hydroxyl groups is 1. The molecule has 0 unspecified atom stereocenters. The van der Waals surface area contributed by atoms with E-state index in [0.29, 0.717) is 23.5 Å². The first-order valence-electron chi connectivity index (χ1n) is 8.32. The fraction of sp³-hybridized carbons (Fsp3) is 0.143. The summed E-state index contributed by atoms with van der Waals surface area (Å²) in [6.07, 6.45) is 2.24. The average molecular weight is 365 g/mol. The number of phenols is 1. The van der Waals surface area contributed by atoms with Gasteiger partial charge in [0.25, 0.3) is 5.78 Å². The van der Waals surface area contributed by atoms with Crippen molar-refractivity contribution in [2.45, 2.75) is 20.4 Å². The maximum atomic E-state index is 11.4. The Balaban J connectivity index is 2.14. The standard InChI is InChI=1S/C21H19NO5/c1-12-6-13(2)8-14(7-12)10-22-11-15(18(24)9-19(25)21(26)27)20-16(22)4-3-5-17(20)23/h3-9,11,23-24H,10H2,1-2H3,(H,26,27).